The number of morpholine rings is 1. The van der Waals surface area contributed by atoms with E-state index in [1.165, 1.54) is 6.07 Å². The summed E-state index contributed by atoms with van der Waals surface area (Å²) in [5.74, 6) is -2.85. The van der Waals surface area contributed by atoms with Crippen molar-refractivity contribution >= 4 is 17.6 Å². The molecule has 0 saturated carbocycles. The number of carbonyl (C=O) groups is 2. The second-order valence-corrected chi connectivity index (χ2v) is 7.63. The molecule has 2 N–H and O–H groups in total. The molecule has 0 unspecified atom stereocenters. The molecule has 1 aliphatic rings. The molecule has 1 aromatic heterocycles. The number of carbonyl (C=O) groups excluding carboxylic acids is 2. The van der Waals surface area contributed by atoms with Gasteiger partial charge in [0.2, 0.25) is 5.91 Å². The van der Waals surface area contributed by atoms with Crippen LogP contribution in [0.5, 0.6) is 0 Å². The molecule has 1 atom stereocenters. The first-order valence-corrected chi connectivity index (χ1v) is 10.2. The van der Waals surface area contributed by atoms with Crippen LogP contribution in [0.25, 0.3) is 0 Å². The van der Waals surface area contributed by atoms with Crippen molar-refractivity contribution in [2.75, 3.05) is 31.2 Å². The van der Waals surface area contributed by atoms with E-state index in [4.69, 9.17) is 4.74 Å². The summed E-state index contributed by atoms with van der Waals surface area (Å²) in [4.78, 5) is 31.6. The first-order valence-electron chi connectivity index (χ1n) is 10.2. The molecule has 1 saturated heterocycles. The number of nitrogens with zero attached hydrogens (tertiary/aromatic N) is 2. The van der Waals surface area contributed by atoms with E-state index >= 15 is 0 Å². The van der Waals surface area contributed by atoms with Crippen LogP contribution in [-0.2, 0) is 16.1 Å². The lowest BCUT2D eigenvalue weighted by atomic mass is 10.0. The van der Waals surface area contributed by atoms with Gasteiger partial charge < -0.3 is 20.3 Å². The van der Waals surface area contributed by atoms with Gasteiger partial charge in [-0.05, 0) is 35.7 Å². The second-order valence-electron chi connectivity index (χ2n) is 7.63. The Labute approximate surface area is 179 Å². The highest BCUT2D eigenvalue weighted by Crippen LogP contribution is 2.15. The van der Waals surface area contributed by atoms with E-state index in [-0.39, 0.29) is 12.5 Å². The fourth-order valence-corrected chi connectivity index (χ4v) is 3.30. The Morgan fingerprint density at radius 2 is 1.84 bits per heavy atom. The van der Waals surface area contributed by atoms with Gasteiger partial charge in [-0.1, -0.05) is 19.9 Å². The Kier molecular flexibility index (Phi) is 7.51. The SMILES string of the molecule is CC(C)[C@H](NC(=O)c1c(F)cccc1F)C(=O)NCc1ccnc(N2CCOCC2)c1. The van der Waals surface area contributed by atoms with Gasteiger partial charge in [-0.3, -0.25) is 9.59 Å². The summed E-state index contributed by atoms with van der Waals surface area (Å²) in [5.41, 5.74) is 0.143. The Bertz CT molecular complexity index is 912. The lowest BCUT2D eigenvalue weighted by Gasteiger charge is -2.28. The maximum atomic E-state index is 13.9. The number of nitrogens with one attached hydrogen (secondary N) is 2. The number of rotatable bonds is 7. The third-order valence-electron chi connectivity index (χ3n) is 5.04. The molecule has 0 radical (unpaired) electrons. The van der Waals surface area contributed by atoms with Crippen LogP contribution in [0.1, 0.15) is 29.8 Å². The number of halogens is 2. The van der Waals surface area contributed by atoms with Crippen molar-refractivity contribution in [3.05, 3.63) is 59.3 Å². The number of hydrogen-bond donors (Lipinski definition) is 2. The number of pyridine rings is 1. The largest absolute Gasteiger partial charge is 0.378 e. The van der Waals surface area contributed by atoms with Gasteiger partial charge in [-0.25, -0.2) is 13.8 Å². The minimum Gasteiger partial charge on any atom is -0.378 e. The van der Waals surface area contributed by atoms with Crippen LogP contribution in [0.4, 0.5) is 14.6 Å². The van der Waals surface area contributed by atoms with Gasteiger partial charge >= 0.3 is 0 Å². The minimum absolute atomic E-state index is 0.228. The summed E-state index contributed by atoms with van der Waals surface area (Å²) in [6.45, 7) is 6.48. The van der Waals surface area contributed by atoms with Crippen molar-refractivity contribution < 1.29 is 23.1 Å². The third kappa shape index (κ3) is 5.75. The molecular weight excluding hydrogens is 406 g/mol. The molecule has 2 heterocycles. The normalized spacial score (nSPS) is 14.9. The molecular formula is C22H26F2N4O3. The van der Waals surface area contributed by atoms with Gasteiger partial charge in [0.15, 0.2) is 0 Å². The van der Waals surface area contributed by atoms with Crippen molar-refractivity contribution in [3.63, 3.8) is 0 Å². The first-order chi connectivity index (χ1) is 14.9. The van der Waals surface area contributed by atoms with E-state index < -0.39 is 35.1 Å². The van der Waals surface area contributed by atoms with Crippen molar-refractivity contribution in [2.24, 2.45) is 5.92 Å². The zero-order valence-electron chi connectivity index (χ0n) is 17.5. The standard InChI is InChI=1S/C22H26F2N4O3/c1-14(2)20(27-21(29)19-16(23)4-3-5-17(19)24)22(30)26-13-15-6-7-25-18(12-15)28-8-10-31-11-9-28/h3-7,12,14,20H,8-11,13H2,1-2H3,(H,26,30)(H,27,29)/t20-/m0/s1. The summed E-state index contributed by atoms with van der Waals surface area (Å²) in [5, 5.41) is 5.23. The minimum atomic E-state index is -0.979. The molecule has 7 nitrogen and oxygen atoms in total. The Balaban J connectivity index is 1.64. The quantitative estimate of drug-likeness (QED) is 0.701. The van der Waals surface area contributed by atoms with Gasteiger partial charge in [0.25, 0.3) is 5.91 Å². The van der Waals surface area contributed by atoms with Crippen LogP contribution in [0.3, 0.4) is 0 Å². The zero-order chi connectivity index (χ0) is 22.4. The molecule has 0 spiro atoms. The lowest BCUT2D eigenvalue weighted by Crippen LogP contribution is -2.49. The summed E-state index contributed by atoms with van der Waals surface area (Å²) >= 11 is 0. The maximum Gasteiger partial charge on any atom is 0.257 e. The fourth-order valence-electron chi connectivity index (χ4n) is 3.30. The number of hydrogen-bond acceptors (Lipinski definition) is 5. The number of ether oxygens (including phenoxy) is 1. The number of anilines is 1. The summed E-state index contributed by atoms with van der Waals surface area (Å²) in [6, 6.07) is 5.90. The Hall–Kier alpha value is -3.07. The van der Waals surface area contributed by atoms with E-state index in [2.05, 4.69) is 20.5 Å². The fraction of sp³-hybridized carbons (Fsp3) is 0.409. The second kappa shape index (κ2) is 10.3. The monoisotopic (exact) mass is 432 g/mol. The highest BCUT2D eigenvalue weighted by molar-refractivity contribution is 5.98. The molecule has 3 rings (SSSR count). The maximum absolute atomic E-state index is 13.9. The van der Waals surface area contributed by atoms with Crippen molar-refractivity contribution in [1.82, 2.24) is 15.6 Å². The predicted octanol–water partition coefficient (Wildman–Crippen LogP) is 2.27. The molecule has 166 valence electrons. The van der Waals surface area contributed by atoms with Crippen molar-refractivity contribution in [2.45, 2.75) is 26.4 Å². The molecule has 2 amide bonds. The van der Waals surface area contributed by atoms with Gasteiger partial charge in [0.1, 0.15) is 29.1 Å². The Morgan fingerprint density at radius 1 is 1.16 bits per heavy atom. The van der Waals surface area contributed by atoms with Crippen LogP contribution >= 0.6 is 0 Å². The highest BCUT2D eigenvalue weighted by Gasteiger charge is 2.27. The highest BCUT2D eigenvalue weighted by atomic mass is 19.1. The molecule has 9 heteroatoms. The lowest BCUT2D eigenvalue weighted by molar-refractivity contribution is -0.124. The summed E-state index contributed by atoms with van der Waals surface area (Å²) in [6.07, 6.45) is 1.68. The average molecular weight is 432 g/mol. The van der Waals surface area contributed by atoms with Gasteiger partial charge in [0.05, 0.1) is 13.2 Å². The van der Waals surface area contributed by atoms with Crippen molar-refractivity contribution in [1.29, 1.82) is 0 Å². The number of amides is 2. The van der Waals surface area contributed by atoms with Crippen LogP contribution in [0.2, 0.25) is 0 Å². The zero-order valence-corrected chi connectivity index (χ0v) is 17.5. The van der Waals surface area contributed by atoms with Gasteiger partial charge in [-0.15, -0.1) is 0 Å². The van der Waals surface area contributed by atoms with Crippen LogP contribution in [0.15, 0.2) is 36.5 Å². The smallest absolute Gasteiger partial charge is 0.257 e. The Morgan fingerprint density at radius 3 is 2.48 bits per heavy atom. The molecule has 31 heavy (non-hydrogen) atoms. The third-order valence-corrected chi connectivity index (χ3v) is 5.04. The van der Waals surface area contributed by atoms with E-state index in [1.807, 2.05) is 6.07 Å². The first kappa shape index (κ1) is 22.6. The van der Waals surface area contributed by atoms with Gasteiger partial charge in [-0.2, -0.15) is 0 Å². The molecule has 1 aromatic carbocycles. The van der Waals surface area contributed by atoms with E-state index in [9.17, 15) is 18.4 Å². The molecule has 1 fully saturated rings. The summed E-state index contributed by atoms with van der Waals surface area (Å²) in [7, 11) is 0. The van der Waals surface area contributed by atoms with Crippen LogP contribution in [-0.4, -0.2) is 49.1 Å². The molecule has 0 aliphatic carbocycles. The van der Waals surface area contributed by atoms with Gasteiger partial charge in [0, 0.05) is 25.8 Å². The van der Waals surface area contributed by atoms with Crippen LogP contribution in [0, 0.1) is 17.6 Å². The summed E-state index contributed by atoms with van der Waals surface area (Å²) < 4.78 is 33.1. The van der Waals surface area contributed by atoms with Crippen LogP contribution < -0.4 is 15.5 Å². The van der Waals surface area contributed by atoms with E-state index in [0.717, 1.165) is 36.6 Å². The number of aromatic nitrogens is 1. The van der Waals surface area contributed by atoms with E-state index in [1.54, 1.807) is 26.1 Å². The predicted molar refractivity (Wildman–Crippen MR) is 112 cm³/mol. The molecule has 1 aliphatic heterocycles. The van der Waals surface area contributed by atoms with Crippen molar-refractivity contribution in [3.8, 4) is 0 Å². The molecule has 0 bridgehead atoms. The van der Waals surface area contributed by atoms with E-state index in [0.29, 0.717) is 13.2 Å². The number of benzene rings is 1. The topological polar surface area (TPSA) is 83.6 Å². The molecule has 2 aromatic rings. The average Bonchev–Trinajstić information content (AvgIpc) is 2.76.